The number of hydrogen-bond donors (Lipinski definition) is 1. The number of rotatable bonds is 6. The van der Waals surface area contributed by atoms with Crippen LogP contribution in [0.4, 0.5) is 5.69 Å². The van der Waals surface area contributed by atoms with E-state index in [1.165, 1.54) is 18.2 Å². The minimum absolute atomic E-state index is 0.106. The fourth-order valence-corrected chi connectivity index (χ4v) is 2.93. The Labute approximate surface area is 162 Å². The molecule has 1 heterocycles. The number of fused-ring (bicyclic) bond motifs is 1. The minimum atomic E-state index is -0.732. The molecule has 1 N–H and O–H groups in total. The highest BCUT2D eigenvalue weighted by Crippen LogP contribution is 2.31. The van der Waals surface area contributed by atoms with Crippen LogP contribution in [0.3, 0.4) is 0 Å². The van der Waals surface area contributed by atoms with Crippen molar-refractivity contribution in [2.75, 3.05) is 18.1 Å². The zero-order valence-corrected chi connectivity index (χ0v) is 15.7. The van der Waals surface area contributed by atoms with Crippen molar-refractivity contribution < 1.29 is 23.9 Å². The van der Waals surface area contributed by atoms with Crippen LogP contribution in [0, 0.1) is 6.92 Å². The van der Waals surface area contributed by atoms with Gasteiger partial charge in [0, 0.05) is 6.54 Å². The number of nitrogens with zero attached hydrogens (tertiary/aromatic N) is 1. The molecule has 3 amide bonds. The zero-order valence-electron chi connectivity index (χ0n) is 15.7. The lowest BCUT2D eigenvalue weighted by atomic mass is 10.1. The Morgan fingerprint density at radius 1 is 1.04 bits per heavy atom. The lowest BCUT2D eigenvalue weighted by molar-refractivity contribution is -0.124. The molecule has 3 rings (SSSR count). The van der Waals surface area contributed by atoms with Gasteiger partial charge in [-0.05, 0) is 43.2 Å². The molecule has 144 valence electrons. The molecule has 7 heteroatoms. The number of carbonyl (C=O) groups excluding carboxylic acids is 4. The molecular weight excluding hydrogens is 360 g/mol. The van der Waals surface area contributed by atoms with Gasteiger partial charge in [-0.15, -0.1) is 0 Å². The number of ether oxygens (including phenoxy) is 1. The highest BCUT2D eigenvalue weighted by Gasteiger charge is 2.37. The van der Waals surface area contributed by atoms with Gasteiger partial charge in [-0.2, -0.15) is 0 Å². The van der Waals surface area contributed by atoms with E-state index in [9.17, 15) is 19.2 Å². The second-order valence-corrected chi connectivity index (χ2v) is 6.42. The highest BCUT2D eigenvalue weighted by molar-refractivity contribution is 6.34. The van der Waals surface area contributed by atoms with Gasteiger partial charge in [0.1, 0.15) is 0 Å². The molecule has 0 saturated heterocycles. The summed E-state index contributed by atoms with van der Waals surface area (Å²) in [5, 5.41) is 2.60. The SMILES string of the molecule is CCCNC(=O)COC(=O)c1ccc2c(c1)C(=O)N(c1ccccc1C)C2=O. The Morgan fingerprint density at radius 2 is 1.75 bits per heavy atom. The van der Waals surface area contributed by atoms with E-state index in [0.29, 0.717) is 12.2 Å². The summed E-state index contributed by atoms with van der Waals surface area (Å²) in [5.74, 6) is -2.06. The molecule has 1 aliphatic heterocycles. The van der Waals surface area contributed by atoms with Crippen molar-refractivity contribution in [3.8, 4) is 0 Å². The van der Waals surface area contributed by atoms with Crippen molar-refractivity contribution in [1.29, 1.82) is 0 Å². The fourth-order valence-electron chi connectivity index (χ4n) is 2.93. The number of para-hydroxylation sites is 1. The minimum Gasteiger partial charge on any atom is -0.452 e. The van der Waals surface area contributed by atoms with E-state index in [0.717, 1.165) is 16.9 Å². The van der Waals surface area contributed by atoms with E-state index < -0.39 is 30.3 Å². The maximum absolute atomic E-state index is 12.8. The second-order valence-electron chi connectivity index (χ2n) is 6.42. The molecule has 0 aliphatic carbocycles. The molecule has 2 aromatic rings. The Kier molecular flexibility index (Phi) is 5.54. The highest BCUT2D eigenvalue weighted by atomic mass is 16.5. The first-order valence-electron chi connectivity index (χ1n) is 8.96. The van der Waals surface area contributed by atoms with Gasteiger partial charge < -0.3 is 10.1 Å². The average Bonchev–Trinajstić information content (AvgIpc) is 2.95. The second kappa shape index (κ2) is 8.04. The van der Waals surface area contributed by atoms with Crippen molar-refractivity contribution in [2.24, 2.45) is 0 Å². The van der Waals surface area contributed by atoms with Gasteiger partial charge in [-0.25, -0.2) is 9.69 Å². The van der Waals surface area contributed by atoms with Crippen LogP contribution in [0.5, 0.6) is 0 Å². The van der Waals surface area contributed by atoms with Gasteiger partial charge in [0.25, 0.3) is 17.7 Å². The molecule has 28 heavy (non-hydrogen) atoms. The summed E-state index contributed by atoms with van der Waals surface area (Å²) >= 11 is 0. The number of anilines is 1. The number of aryl methyl sites for hydroxylation is 1. The van der Waals surface area contributed by atoms with Crippen LogP contribution in [-0.4, -0.2) is 36.8 Å². The van der Waals surface area contributed by atoms with Crippen LogP contribution in [-0.2, 0) is 9.53 Å². The standard InChI is InChI=1S/C21H20N2O5/c1-3-10-22-18(24)12-28-21(27)14-8-9-15-16(11-14)20(26)23(19(15)25)17-7-5-4-6-13(17)2/h4-9,11H,3,10,12H2,1-2H3,(H,22,24). The topological polar surface area (TPSA) is 92.8 Å². The van der Waals surface area contributed by atoms with Gasteiger partial charge >= 0.3 is 5.97 Å². The van der Waals surface area contributed by atoms with Gasteiger partial charge in [0.2, 0.25) is 0 Å². The zero-order chi connectivity index (χ0) is 20.3. The quantitative estimate of drug-likeness (QED) is 0.614. The van der Waals surface area contributed by atoms with Gasteiger partial charge in [-0.1, -0.05) is 25.1 Å². The summed E-state index contributed by atoms with van der Waals surface area (Å²) in [7, 11) is 0. The average molecular weight is 380 g/mol. The maximum Gasteiger partial charge on any atom is 0.338 e. The molecule has 0 unspecified atom stereocenters. The smallest absolute Gasteiger partial charge is 0.338 e. The summed E-state index contributed by atoms with van der Waals surface area (Å²) in [6.07, 6.45) is 0.776. The van der Waals surface area contributed by atoms with Crippen LogP contribution in [0.25, 0.3) is 0 Å². The first-order chi connectivity index (χ1) is 13.4. The molecule has 1 aliphatic rings. The van der Waals surface area contributed by atoms with Crippen molar-refractivity contribution in [2.45, 2.75) is 20.3 Å². The molecule has 0 radical (unpaired) electrons. The Morgan fingerprint density at radius 3 is 2.46 bits per heavy atom. The molecule has 0 spiro atoms. The number of imide groups is 1. The maximum atomic E-state index is 12.8. The fraction of sp³-hybridized carbons (Fsp3) is 0.238. The van der Waals surface area contributed by atoms with E-state index in [-0.39, 0.29) is 16.7 Å². The summed E-state index contributed by atoms with van der Waals surface area (Å²) in [6.45, 7) is 3.82. The predicted octanol–water partition coefficient (Wildman–Crippen LogP) is 2.48. The third kappa shape index (κ3) is 3.64. The van der Waals surface area contributed by atoms with E-state index >= 15 is 0 Å². The number of benzene rings is 2. The van der Waals surface area contributed by atoms with Crippen molar-refractivity contribution in [1.82, 2.24) is 5.32 Å². The van der Waals surface area contributed by atoms with Crippen LogP contribution >= 0.6 is 0 Å². The predicted molar refractivity (Wildman–Crippen MR) is 102 cm³/mol. The van der Waals surface area contributed by atoms with Crippen molar-refractivity contribution >= 4 is 29.4 Å². The Bertz CT molecular complexity index is 967. The van der Waals surface area contributed by atoms with Gasteiger partial charge in [0.05, 0.1) is 22.4 Å². The van der Waals surface area contributed by atoms with E-state index in [2.05, 4.69) is 5.32 Å². The largest absolute Gasteiger partial charge is 0.452 e. The normalized spacial score (nSPS) is 12.7. The molecular formula is C21H20N2O5. The summed E-state index contributed by atoms with van der Waals surface area (Å²) in [6, 6.07) is 11.3. The van der Waals surface area contributed by atoms with E-state index in [4.69, 9.17) is 4.74 Å². The Hall–Kier alpha value is -3.48. The molecule has 0 bridgehead atoms. The molecule has 0 aromatic heterocycles. The number of esters is 1. The van der Waals surface area contributed by atoms with Crippen molar-refractivity contribution in [3.05, 3.63) is 64.7 Å². The summed E-state index contributed by atoms with van der Waals surface area (Å²) < 4.78 is 4.98. The van der Waals surface area contributed by atoms with E-state index in [1.54, 1.807) is 12.1 Å². The number of carbonyl (C=O) groups is 4. The first kappa shape index (κ1) is 19.3. The first-order valence-corrected chi connectivity index (χ1v) is 8.96. The molecule has 0 fully saturated rings. The van der Waals surface area contributed by atoms with Gasteiger partial charge in [-0.3, -0.25) is 14.4 Å². The number of hydrogen-bond acceptors (Lipinski definition) is 5. The monoisotopic (exact) mass is 380 g/mol. The number of nitrogens with one attached hydrogen (secondary N) is 1. The van der Waals surface area contributed by atoms with Crippen molar-refractivity contribution in [3.63, 3.8) is 0 Å². The summed E-state index contributed by atoms with van der Waals surface area (Å²) in [5.41, 5.74) is 1.76. The van der Waals surface area contributed by atoms with Crippen LogP contribution in [0.2, 0.25) is 0 Å². The number of amides is 3. The van der Waals surface area contributed by atoms with E-state index in [1.807, 2.05) is 26.0 Å². The third-order valence-corrected chi connectivity index (χ3v) is 4.39. The lowest BCUT2D eigenvalue weighted by Gasteiger charge is -2.16. The molecule has 0 saturated carbocycles. The summed E-state index contributed by atoms with van der Waals surface area (Å²) in [4.78, 5) is 50.4. The van der Waals surface area contributed by atoms with Crippen LogP contribution < -0.4 is 10.2 Å². The lowest BCUT2D eigenvalue weighted by Crippen LogP contribution is -2.30. The molecule has 0 atom stereocenters. The molecule has 2 aromatic carbocycles. The molecule has 7 nitrogen and oxygen atoms in total. The Balaban J connectivity index is 1.79. The van der Waals surface area contributed by atoms with Crippen LogP contribution in [0.1, 0.15) is 50.0 Å². The van der Waals surface area contributed by atoms with Gasteiger partial charge in [0.15, 0.2) is 6.61 Å². The van der Waals surface area contributed by atoms with Crippen LogP contribution in [0.15, 0.2) is 42.5 Å². The third-order valence-electron chi connectivity index (χ3n) is 4.39.